The van der Waals surface area contributed by atoms with Gasteiger partial charge in [0.05, 0.1) is 17.7 Å². The monoisotopic (exact) mass is 450 g/mol. The van der Waals surface area contributed by atoms with Crippen LogP contribution < -0.4 is 5.32 Å². The smallest absolute Gasteiger partial charge is 0.339 e. The summed E-state index contributed by atoms with van der Waals surface area (Å²) in [5, 5.41) is 11.3. The van der Waals surface area contributed by atoms with Gasteiger partial charge < -0.3 is 10.1 Å². The number of carbonyl (C=O) groups is 1. The molecule has 0 atom stereocenters. The maximum absolute atomic E-state index is 13.3. The minimum Gasteiger partial charge on any atom is -0.465 e. The predicted octanol–water partition coefficient (Wildman–Crippen LogP) is 3.78. The zero-order chi connectivity index (χ0) is 20.9. The van der Waals surface area contributed by atoms with E-state index in [1.54, 1.807) is 0 Å². The number of hydrogen-bond donors (Lipinski definition) is 1. The molecule has 0 fully saturated rings. The SMILES string of the molecule is COC(=O)c1cc2c(cc1Cl)Sc1nnc(Nc3cc(C)cc(C)c3)n1S2(=O)=O. The van der Waals surface area contributed by atoms with Crippen LogP contribution in [0.25, 0.3) is 0 Å². The second-order valence-electron chi connectivity index (χ2n) is 6.45. The molecule has 3 aromatic rings. The molecule has 0 aliphatic carbocycles. The predicted molar refractivity (Wildman–Crippen MR) is 109 cm³/mol. The number of aromatic nitrogens is 3. The summed E-state index contributed by atoms with van der Waals surface area (Å²) in [5.74, 6) is -0.668. The van der Waals surface area contributed by atoms with E-state index in [1.807, 2.05) is 32.0 Å². The molecule has 1 aromatic heterocycles. The van der Waals surface area contributed by atoms with E-state index < -0.39 is 16.0 Å². The topological polar surface area (TPSA) is 103 Å². The Kier molecular flexibility index (Phi) is 4.80. The quantitative estimate of drug-likeness (QED) is 0.470. The summed E-state index contributed by atoms with van der Waals surface area (Å²) in [6.07, 6.45) is 0. The summed E-state index contributed by atoms with van der Waals surface area (Å²) in [4.78, 5) is 12.2. The summed E-state index contributed by atoms with van der Waals surface area (Å²) < 4.78 is 32.3. The van der Waals surface area contributed by atoms with Gasteiger partial charge in [0, 0.05) is 10.6 Å². The molecule has 0 bridgehead atoms. The number of rotatable bonds is 3. The largest absolute Gasteiger partial charge is 0.465 e. The number of aryl methyl sites for hydroxylation is 2. The summed E-state index contributed by atoms with van der Waals surface area (Å²) in [6.45, 7) is 3.89. The zero-order valence-electron chi connectivity index (χ0n) is 15.6. The Morgan fingerprint density at radius 2 is 1.83 bits per heavy atom. The fourth-order valence-corrected chi connectivity index (χ4v) is 6.34. The van der Waals surface area contributed by atoms with Gasteiger partial charge >= 0.3 is 5.97 Å². The molecule has 2 heterocycles. The molecule has 0 radical (unpaired) electrons. The Balaban J connectivity index is 1.82. The van der Waals surface area contributed by atoms with Crippen molar-refractivity contribution in [3.8, 4) is 0 Å². The van der Waals surface area contributed by atoms with E-state index in [0.29, 0.717) is 10.6 Å². The highest BCUT2D eigenvalue weighted by atomic mass is 35.5. The Labute approximate surface area is 176 Å². The van der Waals surface area contributed by atoms with Crippen molar-refractivity contribution in [2.45, 2.75) is 28.8 Å². The molecule has 150 valence electrons. The fraction of sp³-hybridized carbons (Fsp3) is 0.167. The average molecular weight is 451 g/mol. The number of fused-ring (bicyclic) bond motifs is 2. The maximum atomic E-state index is 13.3. The minimum atomic E-state index is -4.07. The Morgan fingerprint density at radius 1 is 1.14 bits per heavy atom. The molecule has 1 aliphatic heterocycles. The highest BCUT2D eigenvalue weighted by molar-refractivity contribution is 8.01. The van der Waals surface area contributed by atoms with Gasteiger partial charge in [-0.1, -0.05) is 17.7 Å². The van der Waals surface area contributed by atoms with Gasteiger partial charge in [-0.3, -0.25) is 0 Å². The third-order valence-electron chi connectivity index (χ3n) is 4.23. The van der Waals surface area contributed by atoms with Crippen LogP contribution in [0, 0.1) is 13.8 Å². The number of esters is 1. The van der Waals surface area contributed by atoms with Gasteiger partial charge in [0.1, 0.15) is 4.90 Å². The van der Waals surface area contributed by atoms with E-state index in [1.165, 1.54) is 19.2 Å². The molecule has 0 amide bonds. The molecular formula is C18H15ClN4O4S2. The molecule has 1 aliphatic rings. The van der Waals surface area contributed by atoms with Crippen LogP contribution in [-0.2, 0) is 14.8 Å². The van der Waals surface area contributed by atoms with Gasteiger partial charge in [-0.15, -0.1) is 10.2 Å². The Hall–Kier alpha value is -2.56. The van der Waals surface area contributed by atoms with Crippen molar-refractivity contribution >= 4 is 51.0 Å². The van der Waals surface area contributed by atoms with E-state index in [9.17, 15) is 13.2 Å². The molecule has 0 saturated carbocycles. The van der Waals surface area contributed by atoms with E-state index in [4.69, 9.17) is 11.6 Å². The van der Waals surface area contributed by atoms with Crippen LogP contribution in [0.15, 0.2) is 45.3 Å². The van der Waals surface area contributed by atoms with Crippen LogP contribution >= 0.6 is 23.4 Å². The maximum Gasteiger partial charge on any atom is 0.339 e. The number of nitrogens with one attached hydrogen (secondary N) is 1. The van der Waals surface area contributed by atoms with Gasteiger partial charge in [0.15, 0.2) is 0 Å². The Morgan fingerprint density at radius 3 is 2.48 bits per heavy atom. The number of ether oxygens (including phenoxy) is 1. The van der Waals surface area contributed by atoms with Crippen LogP contribution in [0.4, 0.5) is 11.6 Å². The van der Waals surface area contributed by atoms with Crippen LogP contribution in [0.5, 0.6) is 0 Å². The van der Waals surface area contributed by atoms with Crippen molar-refractivity contribution in [1.29, 1.82) is 0 Å². The number of nitrogens with zero attached hydrogens (tertiary/aromatic N) is 3. The molecule has 4 rings (SSSR count). The number of hydrogen-bond acceptors (Lipinski definition) is 8. The molecule has 1 N–H and O–H groups in total. The lowest BCUT2D eigenvalue weighted by Gasteiger charge is -2.20. The summed E-state index contributed by atoms with van der Waals surface area (Å²) in [5.41, 5.74) is 2.70. The third-order valence-corrected chi connectivity index (χ3v) is 7.51. The van der Waals surface area contributed by atoms with E-state index in [-0.39, 0.29) is 26.6 Å². The van der Waals surface area contributed by atoms with Crippen LogP contribution in [-0.4, -0.2) is 35.7 Å². The van der Waals surface area contributed by atoms with Crippen LogP contribution in [0.2, 0.25) is 5.02 Å². The van der Waals surface area contributed by atoms with E-state index in [2.05, 4.69) is 20.3 Å². The number of halogens is 1. The van der Waals surface area contributed by atoms with Crippen molar-refractivity contribution in [2.75, 3.05) is 12.4 Å². The number of carbonyl (C=O) groups excluding carboxylic acids is 1. The molecule has 0 saturated heterocycles. The molecule has 2 aromatic carbocycles. The van der Waals surface area contributed by atoms with Crippen molar-refractivity contribution < 1.29 is 17.9 Å². The minimum absolute atomic E-state index is 0.0302. The van der Waals surface area contributed by atoms with Gasteiger partial charge in [-0.05, 0) is 61.0 Å². The second-order valence-corrected chi connectivity index (χ2v) is 9.62. The number of methoxy groups -OCH3 is 1. The fourth-order valence-electron chi connectivity index (χ4n) is 3.07. The molecule has 11 heteroatoms. The lowest BCUT2D eigenvalue weighted by molar-refractivity contribution is 0.0600. The lowest BCUT2D eigenvalue weighted by Crippen LogP contribution is -2.21. The normalized spacial score (nSPS) is 14.1. The third kappa shape index (κ3) is 3.37. The molecule has 29 heavy (non-hydrogen) atoms. The molecular weight excluding hydrogens is 436 g/mol. The van der Waals surface area contributed by atoms with E-state index in [0.717, 1.165) is 26.9 Å². The van der Waals surface area contributed by atoms with Crippen molar-refractivity contribution in [2.24, 2.45) is 0 Å². The number of benzene rings is 2. The van der Waals surface area contributed by atoms with Gasteiger partial charge in [-0.2, -0.15) is 3.97 Å². The lowest BCUT2D eigenvalue weighted by atomic mass is 10.1. The first-order valence-electron chi connectivity index (χ1n) is 8.36. The highest BCUT2D eigenvalue weighted by Crippen LogP contribution is 2.43. The average Bonchev–Trinajstić information content (AvgIpc) is 3.03. The molecule has 0 unspecified atom stereocenters. The van der Waals surface area contributed by atoms with Crippen molar-refractivity contribution in [3.63, 3.8) is 0 Å². The number of anilines is 2. The first-order chi connectivity index (χ1) is 13.7. The summed E-state index contributed by atoms with van der Waals surface area (Å²) in [6, 6.07) is 8.39. The van der Waals surface area contributed by atoms with Crippen LogP contribution in [0.1, 0.15) is 21.5 Å². The molecule has 8 nitrogen and oxygen atoms in total. The standard InChI is InChI=1S/C18H15ClN4O4S2/c1-9-4-10(2)6-11(5-9)20-17-21-22-18-23(17)29(25,26)15-7-12(16(24)27-3)13(19)8-14(15)28-18/h4-8H,1-3H3,(H,20,21). The van der Waals surface area contributed by atoms with Crippen LogP contribution in [0.3, 0.4) is 0 Å². The summed E-state index contributed by atoms with van der Waals surface area (Å²) >= 11 is 7.23. The van der Waals surface area contributed by atoms with Gasteiger partial charge in [0.25, 0.3) is 10.0 Å². The first kappa shape index (κ1) is 19.7. The summed E-state index contributed by atoms with van der Waals surface area (Å²) in [7, 11) is -2.87. The van der Waals surface area contributed by atoms with Gasteiger partial charge in [0.2, 0.25) is 11.1 Å². The Bertz CT molecular complexity index is 1250. The first-order valence-corrected chi connectivity index (χ1v) is 11.0. The van der Waals surface area contributed by atoms with Gasteiger partial charge in [-0.25, -0.2) is 13.2 Å². The van der Waals surface area contributed by atoms with Crippen molar-refractivity contribution in [1.82, 2.24) is 14.2 Å². The highest BCUT2D eigenvalue weighted by Gasteiger charge is 2.35. The second kappa shape index (κ2) is 7.05. The molecule has 0 spiro atoms. The van der Waals surface area contributed by atoms with Crippen molar-refractivity contribution in [3.05, 3.63) is 52.0 Å². The van der Waals surface area contributed by atoms with E-state index >= 15 is 0 Å². The zero-order valence-corrected chi connectivity index (χ0v) is 17.9.